The highest BCUT2D eigenvalue weighted by atomic mass is 16.4. The fraction of sp³-hybridized carbons (Fsp3) is 0.619. The minimum atomic E-state index is -1.44. The first-order chi connectivity index (χ1) is 29.3. The monoisotopic (exact) mass is 869 g/mol. The Hall–Kier alpha value is -5.92. The quantitative estimate of drug-likeness (QED) is 0.0288. The maximum atomic E-state index is 15.2. The minimum Gasteiger partial charge on any atom is -0.508 e. The predicted octanol–water partition coefficient (Wildman–Crippen LogP) is -0.481. The highest BCUT2D eigenvalue weighted by Gasteiger charge is 2.54. The number of phenols is 1. The van der Waals surface area contributed by atoms with Gasteiger partial charge in [0.05, 0.1) is 6.04 Å². The van der Waals surface area contributed by atoms with Crippen molar-refractivity contribution in [2.45, 2.75) is 128 Å². The molecule has 3 rings (SSSR count). The number of amides is 5. The summed E-state index contributed by atoms with van der Waals surface area (Å²) in [6.45, 7) is 7.88. The van der Waals surface area contributed by atoms with Crippen LogP contribution in [0.4, 0.5) is 0 Å². The van der Waals surface area contributed by atoms with E-state index >= 15 is 4.79 Å². The van der Waals surface area contributed by atoms with Gasteiger partial charge in [-0.2, -0.15) is 0 Å². The standard InChI is InChI=1S/C42H68N12O8/c1-5-26(4)33(36(58)51-31(38(60)61)23-25(2)3)52-35(57)32(24-27-13-15-28(55)16-14-27)53-21-7-6-17-42(39(53)62)18-10-22-54(42)37(59)30(12-9-20-49-41(46)47)50-34(56)29(43)11-8-19-48-40(44)45/h6-7,13-16,25-26,29-33,55H,5,8-12,17-24,43H2,1-4H3,(H,50,56)(H,51,58)(H,52,57)(H,60,61)(H4,44,45,48)(H4,46,47,49)/t26-,29+,30+,31+,32+,33+,42+/m1/s1. The first kappa shape index (κ1) is 50.4. The Bertz CT molecular complexity index is 1800. The highest BCUT2D eigenvalue weighted by Crippen LogP contribution is 2.38. The molecule has 2 aliphatic rings. The van der Waals surface area contributed by atoms with Gasteiger partial charge in [-0.3, -0.25) is 34.0 Å². The van der Waals surface area contributed by atoms with Gasteiger partial charge in [-0.25, -0.2) is 4.79 Å². The van der Waals surface area contributed by atoms with Crippen LogP contribution in [0, 0.1) is 11.8 Å². The van der Waals surface area contributed by atoms with Crippen LogP contribution in [0.25, 0.3) is 0 Å². The van der Waals surface area contributed by atoms with E-state index in [0.717, 1.165) is 0 Å². The molecule has 1 spiro atoms. The Labute approximate surface area is 363 Å². The number of nitrogens with one attached hydrogen (secondary N) is 3. The number of carbonyl (C=O) groups is 6. The lowest BCUT2D eigenvalue weighted by Gasteiger charge is -2.42. The summed E-state index contributed by atoms with van der Waals surface area (Å²) in [4.78, 5) is 94.7. The molecule has 15 N–H and O–H groups in total. The molecule has 0 aromatic heterocycles. The molecular formula is C42H68N12O8. The number of rotatable bonds is 23. The number of aromatic hydroxyl groups is 1. The van der Waals surface area contributed by atoms with Crippen molar-refractivity contribution in [1.29, 1.82) is 0 Å². The van der Waals surface area contributed by atoms with Crippen molar-refractivity contribution in [3.63, 3.8) is 0 Å². The SMILES string of the molecule is CC[C@@H](C)[C@H](NC(=O)[C@H](Cc1ccc(O)cc1)N1CC=CC[C@]2(CCCN2C(=O)[C@H](CCCN=C(N)N)NC(=O)[C@@H](N)CCCN=C(N)N)C1=O)C(=O)N[C@@H](CC(C)C)C(=O)O. The molecule has 0 aliphatic carbocycles. The Morgan fingerprint density at radius 1 is 0.855 bits per heavy atom. The third kappa shape index (κ3) is 14.3. The van der Waals surface area contributed by atoms with Crippen molar-refractivity contribution in [2.24, 2.45) is 50.5 Å². The number of aliphatic carboxylic acids is 1. The summed E-state index contributed by atoms with van der Waals surface area (Å²) in [7, 11) is 0. The molecule has 7 atom stereocenters. The van der Waals surface area contributed by atoms with Gasteiger partial charge in [-0.05, 0) is 80.9 Å². The average molecular weight is 869 g/mol. The van der Waals surface area contributed by atoms with Gasteiger partial charge < -0.3 is 64.6 Å². The zero-order valence-electron chi connectivity index (χ0n) is 36.4. The lowest BCUT2D eigenvalue weighted by Crippen LogP contribution is -2.65. The molecule has 0 radical (unpaired) electrons. The van der Waals surface area contributed by atoms with Crippen LogP contribution in [0.5, 0.6) is 5.75 Å². The fourth-order valence-electron chi connectivity index (χ4n) is 7.79. The number of hydrogen-bond donors (Lipinski definition) is 10. The van der Waals surface area contributed by atoms with Gasteiger partial charge in [0, 0.05) is 32.6 Å². The molecule has 1 aromatic carbocycles. The third-order valence-corrected chi connectivity index (χ3v) is 11.4. The summed E-state index contributed by atoms with van der Waals surface area (Å²) in [6.07, 6.45) is 6.05. The molecule has 2 aliphatic heterocycles. The highest BCUT2D eigenvalue weighted by molar-refractivity contribution is 5.99. The lowest BCUT2D eigenvalue weighted by atomic mass is 9.88. The second kappa shape index (κ2) is 23.9. The number of carboxylic acids is 1. The van der Waals surface area contributed by atoms with Gasteiger partial charge in [0.2, 0.25) is 29.5 Å². The van der Waals surface area contributed by atoms with Crippen molar-refractivity contribution in [2.75, 3.05) is 26.2 Å². The molecule has 5 amide bonds. The second-order valence-electron chi connectivity index (χ2n) is 16.6. The average Bonchev–Trinajstić information content (AvgIpc) is 3.58. The van der Waals surface area contributed by atoms with Gasteiger partial charge >= 0.3 is 5.97 Å². The van der Waals surface area contributed by atoms with E-state index in [0.29, 0.717) is 31.2 Å². The number of benzene rings is 1. The van der Waals surface area contributed by atoms with Crippen LogP contribution in [0.15, 0.2) is 46.4 Å². The Morgan fingerprint density at radius 2 is 1.47 bits per heavy atom. The van der Waals surface area contributed by atoms with Crippen LogP contribution in [-0.2, 0) is 35.2 Å². The van der Waals surface area contributed by atoms with Gasteiger partial charge in [-0.1, -0.05) is 58.4 Å². The first-order valence-corrected chi connectivity index (χ1v) is 21.4. The van der Waals surface area contributed by atoms with E-state index in [-0.39, 0.29) is 88.3 Å². The molecule has 1 aromatic rings. The topological polar surface area (TPSA) is 340 Å². The largest absolute Gasteiger partial charge is 0.508 e. The summed E-state index contributed by atoms with van der Waals surface area (Å²) < 4.78 is 0. The Morgan fingerprint density at radius 3 is 2.05 bits per heavy atom. The van der Waals surface area contributed by atoms with Gasteiger partial charge in [0.1, 0.15) is 35.5 Å². The normalized spacial score (nSPS) is 19.1. The molecule has 2 heterocycles. The number of carbonyl (C=O) groups excluding carboxylic acids is 5. The lowest BCUT2D eigenvalue weighted by molar-refractivity contribution is -0.155. The summed E-state index contributed by atoms with van der Waals surface area (Å²) in [5, 5.41) is 28.2. The van der Waals surface area contributed by atoms with Crippen LogP contribution in [-0.4, -0.2) is 129 Å². The molecule has 0 saturated carbocycles. The molecule has 1 saturated heterocycles. The number of carboxylic acid groups (broad SMARTS) is 1. The Balaban J connectivity index is 2.01. The van der Waals surface area contributed by atoms with Crippen molar-refractivity contribution in [1.82, 2.24) is 25.8 Å². The zero-order chi connectivity index (χ0) is 46.1. The molecule has 20 heteroatoms. The number of phenolic OH excluding ortho intramolecular Hbond substituents is 1. The second-order valence-corrected chi connectivity index (χ2v) is 16.6. The third-order valence-electron chi connectivity index (χ3n) is 11.4. The zero-order valence-corrected chi connectivity index (χ0v) is 36.4. The molecule has 1 fully saturated rings. The number of aliphatic imine (C=N–C) groups is 2. The van der Waals surface area contributed by atoms with Gasteiger partial charge in [-0.15, -0.1) is 0 Å². The molecule has 20 nitrogen and oxygen atoms in total. The molecule has 0 bridgehead atoms. The van der Waals surface area contributed by atoms with Crippen LogP contribution in [0.2, 0.25) is 0 Å². The smallest absolute Gasteiger partial charge is 0.326 e. The van der Waals surface area contributed by atoms with Crippen LogP contribution >= 0.6 is 0 Å². The van der Waals surface area contributed by atoms with Crippen LogP contribution in [0.1, 0.15) is 91.0 Å². The Kier molecular flexibility index (Phi) is 19.5. The number of hydrogen-bond acceptors (Lipinski definition) is 10. The van der Waals surface area contributed by atoms with Crippen molar-refractivity contribution in [3.05, 3.63) is 42.0 Å². The first-order valence-electron chi connectivity index (χ1n) is 21.4. The van der Waals surface area contributed by atoms with Gasteiger partial charge in [0.25, 0.3) is 0 Å². The van der Waals surface area contributed by atoms with E-state index in [1.165, 1.54) is 21.9 Å². The number of nitrogens with two attached hydrogens (primary N) is 5. The summed E-state index contributed by atoms with van der Waals surface area (Å²) in [5.41, 5.74) is 27.2. The maximum absolute atomic E-state index is 15.2. The molecule has 62 heavy (non-hydrogen) atoms. The molecule has 344 valence electrons. The van der Waals surface area contributed by atoms with E-state index in [9.17, 15) is 34.2 Å². The predicted molar refractivity (Wildman–Crippen MR) is 235 cm³/mol. The number of guanidine groups is 2. The fourth-order valence-corrected chi connectivity index (χ4v) is 7.79. The van der Waals surface area contributed by atoms with Crippen molar-refractivity contribution < 1.29 is 39.0 Å². The maximum Gasteiger partial charge on any atom is 0.326 e. The van der Waals surface area contributed by atoms with Crippen LogP contribution in [0.3, 0.4) is 0 Å². The summed E-state index contributed by atoms with van der Waals surface area (Å²) in [5.74, 6) is -4.83. The molecule has 0 unspecified atom stereocenters. The minimum absolute atomic E-state index is 0.00247. The van der Waals surface area contributed by atoms with Crippen molar-refractivity contribution >= 4 is 47.4 Å². The van der Waals surface area contributed by atoms with E-state index in [4.69, 9.17) is 28.7 Å². The van der Waals surface area contributed by atoms with Crippen LogP contribution < -0.4 is 44.6 Å². The van der Waals surface area contributed by atoms with Gasteiger partial charge in [0.15, 0.2) is 11.9 Å². The number of nitrogens with zero attached hydrogens (tertiary/aromatic N) is 4. The van der Waals surface area contributed by atoms with Crippen molar-refractivity contribution in [3.8, 4) is 5.75 Å². The number of likely N-dealkylation sites (tertiary alicyclic amines) is 1. The van der Waals surface area contributed by atoms with E-state index < -0.39 is 77.2 Å². The molecular weight excluding hydrogens is 801 g/mol. The summed E-state index contributed by atoms with van der Waals surface area (Å²) >= 11 is 0. The van der Waals surface area contributed by atoms with E-state index in [1.54, 1.807) is 31.2 Å². The van der Waals surface area contributed by atoms with E-state index in [2.05, 4.69) is 25.9 Å². The summed E-state index contributed by atoms with van der Waals surface area (Å²) in [6, 6.07) is 0.503. The van der Waals surface area contributed by atoms with E-state index in [1.807, 2.05) is 20.8 Å².